The highest BCUT2D eigenvalue weighted by Crippen LogP contribution is 2.22. The third-order valence-electron chi connectivity index (χ3n) is 3.94. The van der Waals surface area contributed by atoms with E-state index in [-0.39, 0.29) is 0 Å². The maximum atomic E-state index is 4.55. The number of aryl methyl sites for hydroxylation is 2. The van der Waals surface area contributed by atoms with Crippen LogP contribution in [0.15, 0.2) is 18.3 Å². The minimum atomic E-state index is 0.780. The third kappa shape index (κ3) is 2.96. The normalized spacial score (nSPS) is 14.5. The molecule has 1 saturated heterocycles. The molecule has 110 valence electrons. The monoisotopic (exact) mass is 283 g/mol. The van der Waals surface area contributed by atoms with Gasteiger partial charge in [0.1, 0.15) is 17.5 Å². The summed E-state index contributed by atoms with van der Waals surface area (Å²) >= 11 is 0. The van der Waals surface area contributed by atoms with Gasteiger partial charge in [-0.3, -0.25) is 0 Å². The molecule has 3 rings (SSSR count). The number of aromatic nitrogens is 3. The lowest BCUT2D eigenvalue weighted by Gasteiger charge is -2.17. The van der Waals surface area contributed by atoms with Crippen molar-refractivity contribution in [1.82, 2.24) is 15.0 Å². The van der Waals surface area contributed by atoms with Crippen molar-refractivity contribution in [2.75, 3.05) is 23.3 Å². The summed E-state index contributed by atoms with van der Waals surface area (Å²) < 4.78 is 0. The molecule has 0 spiro atoms. The first-order valence-corrected chi connectivity index (χ1v) is 7.43. The van der Waals surface area contributed by atoms with Crippen molar-refractivity contribution in [3.8, 4) is 0 Å². The minimum Gasteiger partial charge on any atom is -0.357 e. The second kappa shape index (κ2) is 5.68. The molecule has 5 heteroatoms. The Hall–Kier alpha value is -2.17. The fourth-order valence-corrected chi connectivity index (χ4v) is 2.62. The SMILES string of the molecule is Cc1nc(C)c(C)c(Nc2ccc(N3CCCC3)nc2)n1. The van der Waals surface area contributed by atoms with Gasteiger partial charge in [0.25, 0.3) is 0 Å². The van der Waals surface area contributed by atoms with Gasteiger partial charge in [0.15, 0.2) is 0 Å². The van der Waals surface area contributed by atoms with Crippen molar-refractivity contribution < 1.29 is 0 Å². The summed E-state index contributed by atoms with van der Waals surface area (Å²) in [5, 5.41) is 3.34. The first-order chi connectivity index (χ1) is 10.1. The van der Waals surface area contributed by atoms with Gasteiger partial charge in [0, 0.05) is 24.3 Å². The Morgan fingerprint density at radius 3 is 2.48 bits per heavy atom. The summed E-state index contributed by atoms with van der Waals surface area (Å²) in [6.45, 7) is 8.17. The van der Waals surface area contributed by atoms with Crippen molar-refractivity contribution in [3.63, 3.8) is 0 Å². The van der Waals surface area contributed by atoms with E-state index in [2.05, 4.69) is 37.3 Å². The van der Waals surface area contributed by atoms with Crippen LogP contribution in [0.4, 0.5) is 17.3 Å². The van der Waals surface area contributed by atoms with Crippen LogP contribution >= 0.6 is 0 Å². The highest BCUT2D eigenvalue weighted by Gasteiger charge is 2.13. The molecular formula is C16H21N5. The second-order valence-corrected chi connectivity index (χ2v) is 5.55. The quantitative estimate of drug-likeness (QED) is 0.938. The largest absolute Gasteiger partial charge is 0.357 e. The fraction of sp³-hybridized carbons (Fsp3) is 0.438. The number of hydrogen-bond donors (Lipinski definition) is 1. The van der Waals surface area contributed by atoms with E-state index in [0.717, 1.165) is 47.5 Å². The highest BCUT2D eigenvalue weighted by molar-refractivity contribution is 5.60. The van der Waals surface area contributed by atoms with Gasteiger partial charge >= 0.3 is 0 Å². The molecule has 0 aliphatic carbocycles. The van der Waals surface area contributed by atoms with E-state index in [4.69, 9.17) is 0 Å². The lowest BCUT2D eigenvalue weighted by molar-refractivity contribution is 0.937. The van der Waals surface area contributed by atoms with E-state index >= 15 is 0 Å². The number of nitrogens with one attached hydrogen (secondary N) is 1. The molecule has 0 bridgehead atoms. The van der Waals surface area contributed by atoms with Gasteiger partial charge in [-0.05, 0) is 45.7 Å². The van der Waals surface area contributed by atoms with Gasteiger partial charge in [-0.1, -0.05) is 0 Å². The van der Waals surface area contributed by atoms with Gasteiger partial charge < -0.3 is 10.2 Å². The summed E-state index contributed by atoms with van der Waals surface area (Å²) in [5.74, 6) is 2.70. The molecule has 0 amide bonds. The van der Waals surface area contributed by atoms with Gasteiger partial charge in [-0.15, -0.1) is 0 Å². The molecule has 0 saturated carbocycles. The van der Waals surface area contributed by atoms with E-state index in [1.165, 1.54) is 12.8 Å². The Morgan fingerprint density at radius 1 is 1.05 bits per heavy atom. The van der Waals surface area contributed by atoms with E-state index in [9.17, 15) is 0 Å². The molecule has 0 aromatic carbocycles. The maximum Gasteiger partial charge on any atom is 0.137 e. The third-order valence-corrected chi connectivity index (χ3v) is 3.94. The highest BCUT2D eigenvalue weighted by atomic mass is 15.2. The van der Waals surface area contributed by atoms with Gasteiger partial charge in [0.05, 0.1) is 11.9 Å². The summed E-state index contributed by atoms with van der Waals surface area (Å²) in [5.41, 5.74) is 3.04. The summed E-state index contributed by atoms with van der Waals surface area (Å²) in [7, 11) is 0. The van der Waals surface area contributed by atoms with Crippen molar-refractivity contribution in [2.45, 2.75) is 33.6 Å². The molecule has 21 heavy (non-hydrogen) atoms. The Balaban J connectivity index is 1.79. The van der Waals surface area contributed by atoms with Crippen LogP contribution in [0.1, 0.15) is 29.9 Å². The van der Waals surface area contributed by atoms with Crippen molar-refractivity contribution in [1.29, 1.82) is 0 Å². The minimum absolute atomic E-state index is 0.780. The Labute approximate surface area is 125 Å². The van der Waals surface area contributed by atoms with Crippen LogP contribution in [-0.4, -0.2) is 28.0 Å². The number of anilines is 3. The summed E-state index contributed by atoms with van der Waals surface area (Å²) in [6, 6.07) is 4.14. The van der Waals surface area contributed by atoms with Crippen LogP contribution in [0.25, 0.3) is 0 Å². The van der Waals surface area contributed by atoms with Crippen molar-refractivity contribution >= 4 is 17.3 Å². The van der Waals surface area contributed by atoms with Crippen LogP contribution in [-0.2, 0) is 0 Å². The molecule has 2 aromatic rings. The summed E-state index contributed by atoms with van der Waals surface area (Å²) in [6.07, 6.45) is 4.40. The Bertz CT molecular complexity index is 630. The number of pyridine rings is 1. The Kier molecular flexibility index (Phi) is 3.73. The molecule has 1 fully saturated rings. The number of nitrogens with zero attached hydrogens (tertiary/aromatic N) is 4. The van der Waals surface area contributed by atoms with Crippen LogP contribution in [0.5, 0.6) is 0 Å². The molecule has 1 N–H and O–H groups in total. The molecule has 1 aliphatic rings. The zero-order chi connectivity index (χ0) is 14.8. The lowest BCUT2D eigenvalue weighted by Crippen LogP contribution is -2.18. The zero-order valence-corrected chi connectivity index (χ0v) is 12.8. The first kappa shape index (κ1) is 13.8. The predicted octanol–water partition coefficient (Wildman–Crippen LogP) is 3.14. The summed E-state index contributed by atoms with van der Waals surface area (Å²) in [4.78, 5) is 15.7. The molecular weight excluding hydrogens is 262 g/mol. The van der Waals surface area contributed by atoms with E-state index in [0.29, 0.717) is 0 Å². The molecule has 0 radical (unpaired) electrons. The smallest absolute Gasteiger partial charge is 0.137 e. The average molecular weight is 283 g/mol. The van der Waals surface area contributed by atoms with Gasteiger partial charge in [-0.25, -0.2) is 15.0 Å². The van der Waals surface area contributed by atoms with Crippen molar-refractivity contribution in [2.24, 2.45) is 0 Å². The molecule has 5 nitrogen and oxygen atoms in total. The molecule has 1 aliphatic heterocycles. The van der Waals surface area contributed by atoms with Crippen molar-refractivity contribution in [3.05, 3.63) is 35.4 Å². The lowest BCUT2D eigenvalue weighted by atomic mass is 10.2. The average Bonchev–Trinajstić information content (AvgIpc) is 2.99. The van der Waals surface area contributed by atoms with Crippen LogP contribution in [0.2, 0.25) is 0 Å². The van der Waals surface area contributed by atoms with E-state index in [1.54, 1.807) is 0 Å². The predicted molar refractivity (Wildman–Crippen MR) is 85.2 cm³/mol. The number of hydrogen-bond acceptors (Lipinski definition) is 5. The first-order valence-electron chi connectivity index (χ1n) is 7.43. The van der Waals surface area contributed by atoms with Crippen LogP contribution in [0, 0.1) is 20.8 Å². The number of rotatable bonds is 3. The fourth-order valence-electron chi connectivity index (χ4n) is 2.62. The molecule has 3 heterocycles. The molecule has 0 atom stereocenters. The van der Waals surface area contributed by atoms with Crippen LogP contribution < -0.4 is 10.2 Å². The van der Waals surface area contributed by atoms with Gasteiger partial charge in [0.2, 0.25) is 0 Å². The second-order valence-electron chi connectivity index (χ2n) is 5.55. The van der Waals surface area contributed by atoms with Crippen LogP contribution in [0.3, 0.4) is 0 Å². The zero-order valence-electron chi connectivity index (χ0n) is 12.8. The Morgan fingerprint density at radius 2 is 1.81 bits per heavy atom. The molecule has 2 aromatic heterocycles. The van der Waals surface area contributed by atoms with E-state index in [1.807, 2.05) is 27.0 Å². The topological polar surface area (TPSA) is 53.9 Å². The standard InChI is InChI=1S/C16H21N5/c1-11-12(2)18-13(3)19-16(11)20-14-6-7-15(17-10-14)21-8-4-5-9-21/h6-7,10H,4-5,8-9H2,1-3H3,(H,18,19,20). The van der Waals surface area contributed by atoms with E-state index < -0.39 is 0 Å². The molecule has 0 unspecified atom stereocenters. The maximum absolute atomic E-state index is 4.55. The van der Waals surface area contributed by atoms with Gasteiger partial charge in [-0.2, -0.15) is 0 Å².